The summed E-state index contributed by atoms with van der Waals surface area (Å²) in [6.45, 7) is 33.5. The van der Waals surface area contributed by atoms with E-state index in [1.165, 1.54) is 11.1 Å². The van der Waals surface area contributed by atoms with Crippen LogP contribution in [0.1, 0.15) is 123 Å². The van der Waals surface area contributed by atoms with Crippen LogP contribution in [0.15, 0.2) is 34.3 Å². The van der Waals surface area contributed by atoms with E-state index in [2.05, 4.69) is 119 Å². The Morgan fingerprint density at radius 1 is 0.571 bits per heavy atom. The van der Waals surface area contributed by atoms with Crippen molar-refractivity contribution in [2.75, 3.05) is 13.1 Å². The number of phenols is 2. The van der Waals surface area contributed by atoms with E-state index in [1.807, 2.05) is 12.1 Å². The van der Waals surface area contributed by atoms with E-state index in [4.69, 9.17) is 9.59 Å². The smallest absolute Gasteiger partial charge is 0.545 e. The van der Waals surface area contributed by atoms with Gasteiger partial charge in [-0.25, -0.2) is 0 Å². The zero-order chi connectivity index (χ0) is 32.4. The van der Waals surface area contributed by atoms with Crippen LogP contribution in [-0.4, -0.2) is 49.3 Å². The summed E-state index contributed by atoms with van der Waals surface area (Å²) in [7, 11) is 0. The summed E-state index contributed by atoms with van der Waals surface area (Å²) in [5.74, 6) is 0.622. The maximum atomic E-state index is 10.9. The van der Waals surface area contributed by atoms with Crippen LogP contribution in [-0.2, 0) is 48.0 Å². The predicted octanol–water partition coefficient (Wildman–Crippen LogP) is 7.67. The Kier molecular flexibility index (Phi) is 16.5. The Morgan fingerprint density at radius 3 is 1.10 bits per heavy atom. The second-order valence-electron chi connectivity index (χ2n) is 14.3. The summed E-state index contributed by atoms with van der Waals surface area (Å²) in [6.07, 6.45) is 4.36. The minimum Gasteiger partial charge on any atom is -0.545 e. The van der Waals surface area contributed by atoms with Gasteiger partial charge in [0, 0.05) is 47.8 Å². The second-order valence-corrected chi connectivity index (χ2v) is 14.3. The fraction of sp³-hybridized carbons (Fsp3) is 0.543. The van der Waals surface area contributed by atoms with Gasteiger partial charge in [0.25, 0.3) is 0 Å². The van der Waals surface area contributed by atoms with Crippen LogP contribution in [0, 0.1) is 0 Å². The maximum absolute atomic E-state index is 10.9. The largest absolute Gasteiger partial charge is 2.00 e. The third-order valence-electron chi connectivity index (χ3n) is 6.66. The van der Waals surface area contributed by atoms with E-state index >= 15 is 0 Å². The van der Waals surface area contributed by atoms with Gasteiger partial charge >= 0.3 is 16.8 Å². The van der Waals surface area contributed by atoms with Crippen molar-refractivity contribution in [2.24, 2.45) is 9.98 Å². The summed E-state index contributed by atoms with van der Waals surface area (Å²) in [5, 5.41) is 21.9. The molecule has 235 valence electrons. The average Bonchev–Trinajstić information content (AvgIpc) is 2.84. The quantitative estimate of drug-likeness (QED) is 0.149. The SMILES string of the molecule is CC(C)(C)c1cc(C=NCCCN=Cc2cc(C(C)(C)C)cc(C(C)(C)C)c2O)c(O)c(C(C)(C)C)c1.[CH-]=O.[CH-]=O.[Co+2]. The molecular weight excluding hydrogens is 571 g/mol. The Bertz CT molecular complexity index is 1100. The van der Waals surface area contributed by atoms with Crippen molar-refractivity contribution in [1.29, 1.82) is 0 Å². The normalized spacial score (nSPS) is 12.3. The van der Waals surface area contributed by atoms with Gasteiger partial charge < -0.3 is 19.8 Å². The Balaban J connectivity index is 0. The van der Waals surface area contributed by atoms with Crippen molar-refractivity contribution < 1.29 is 36.6 Å². The van der Waals surface area contributed by atoms with Gasteiger partial charge in [-0.15, -0.1) is 0 Å². The summed E-state index contributed by atoms with van der Waals surface area (Å²) in [6, 6.07) is 8.33. The number of rotatable bonds is 6. The van der Waals surface area contributed by atoms with E-state index in [9.17, 15) is 10.2 Å². The molecule has 7 heteroatoms. The fourth-order valence-corrected chi connectivity index (χ4v) is 4.10. The molecule has 2 N–H and O–H groups in total. The van der Waals surface area contributed by atoms with Gasteiger partial charge in [-0.1, -0.05) is 95.2 Å². The number of aliphatic imine (C=N–C) groups is 2. The molecule has 2 aromatic carbocycles. The first-order valence-electron chi connectivity index (χ1n) is 14.0. The number of nitrogens with zero attached hydrogens (tertiary/aromatic N) is 2. The third-order valence-corrected chi connectivity index (χ3v) is 6.66. The van der Waals surface area contributed by atoms with Crippen LogP contribution < -0.4 is 0 Å². The molecular formula is C35H52CoN2O4. The van der Waals surface area contributed by atoms with Crippen LogP contribution in [0.3, 0.4) is 0 Å². The van der Waals surface area contributed by atoms with E-state index in [1.54, 1.807) is 12.4 Å². The molecule has 0 aliphatic rings. The van der Waals surface area contributed by atoms with Gasteiger partial charge in [-0.3, -0.25) is 23.6 Å². The molecule has 2 rings (SSSR count). The van der Waals surface area contributed by atoms with Crippen molar-refractivity contribution in [1.82, 2.24) is 0 Å². The number of carbonyl (C=O) groups excluding carboxylic acids is 2. The van der Waals surface area contributed by atoms with Crippen molar-refractivity contribution >= 4 is 26.0 Å². The Hall–Kier alpha value is -2.77. The molecule has 0 aromatic heterocycles. The van der Waals surface area contributed by atoms with Crippen molar-refractivity contribution in [3.63, 3.8) is 0 Å². The van der Waals surface area contributed by atoms with Crippen LogP contribution in [0.5, 0.6) is 11.5 Å². The molecule has 0 heterocycles. The zero-order valence-electron chi connectivity index (χ0n) is 27.7. The van der Waals surface area contributed by atoms with E-state index in [0.29, 0.717) is 24.6 Å². The minimum absolute atomic E-state index is 0. The van der Waals surface area contributed by atoms with E-state index in [-0.39, 0.29) is 38.4 Å². The monoisotopic (exact) mass is 623 g/mol. The van der Waals surface area contributed by atoms with Gasteiger partial charge in [0.05, 0.1) is 0 Å². The third kappa shape index (κ3) is 12.2. The van der Waals surface area contributed by atoms with Crippen molar-refractivity contribution in [3.8, 4) is 11.5 Å². The van der Waals surface area contributed by atoms with Crippen molar-refractivity contribution in [3.05, 3.63) is 57.6 Å². The first-order chi connectivity index (χ1) is 18.7. The average molecular weight is 624 g/mol. The molecule has 2 aromatic rings. The van der Waals surface area contributed by atoms with Crippen molar-refractivity contribution in [2.45, 2.75) is 111 Å². The molecule has 0 atom stereocenters. The summed E-state index contributed by atoms with van der Waals surface area (Å²) in [4.78, 5) is 24.7. The molecule has 0 fully saturated rings. The second kappa shape index (κ2) is 16.8. The van der Waals surface area contributed by atoms with Crippen LogP contribution >= 0.6 is 0 Å². The molecule has 0 unspecified atom stereocenters. The Labute approximate surface area is 265 Å². The van der Waals surface area contributed by atoms with E-state index < -0.39 is 0 Å². The number of hydrogen-bond donors (Lipinski definition) is 2. The predicted molar refractivity (Wildman–Crippen MR) is 174 cm³/mol. The number of phenolic OH excluding ortho intramolecular Hbond substituents is 2. The number of hydrogen-bond acceptors (Lipinski definition) is 6. The van der Waals surface area contributed by atoms with Crippen LogP contribution in [0.4, 0.5) is 0 Å². The van der Waals surface area contributed by atoms with Crippen LogP contribution in [0.25, 0.3) is 0 Å². The first kappa shape index (κ1) is 41.4. The van der Waals surface area contributed by atoms with Gasteiger partial charge in [-0.05, 0) is 51.3 Å². The summed E-state index contributed by atoms with van der Waals surface area (Å²) < 4.78 is 0. The zero-order valence-corrected chi connectivity index (χ0v) is 28.7. The maximum Gasteiger partial charge on any atom is 2.00 e. The molecule has 0 aliphatic heterocycles. The van der Waals surface area contributed by atoms with Gasteiger partial charge in [0.2, 0.25) is 0 Å². The number of aromatic hydroxyl groups is 2. The standard InChI is InChI=1S/C33H50N2O2.2CHO.Co/c1-30(2,3)24-16-22(28(36)26(18-24)32(7,8)9)20-34-14-13-15-35-21-23-17-25(31(4,5)6)19-27(29(23)37)33(10,11)12;2*1-2;/h16-21,36-37H,13-15H2,1-12H3;2*1H;/q;2*-1;+2. The number of benzene rings is 2. The molecule has 6 nitrogen and oxygen atoms in total. The molecule has 0 amide bonds. The summed E-state index contributed by atoms with van der Waals surface area (Å²) >= 11 is 0. The van der Waals surface area contributed by atoms with E-state index in [0.717, 1.165) is 28.7 Å². The topological polar surface area (TPSA) is 99.3 Å². The molecule has 0 bridgehead atoms. The molecule has 42 heavy (non-hydrogen) atoms. The molecule has 0 saturated heterocycles. The van der Waals surface area contributed by atoms with Crippen LogP contribution in [0.2, 0.25) is 0 Å². The van der Waals surface area contributed by atoms with Gasteiger partial charge in [0.15, 0.2) is 0 Å². The van der Waals surface area contributed by atoms with Gasteiger partial charge in [-0.2, -0.15) is 0 Å². The Morgan fingerprint density at radius 2 is 0.857 bits per heavy atom. The minimum atomic E-state index is -0.161. The molecule has 0 spiro atoms. The molecule has 1 radical (unpaired) electrons. The fourth-order valence-electron chi connectivity index (χ4n) is 4.10. The summed E-state index contributed by atoms with van der Waals surface area (Å²) in [5.41, 5.74) is 5.43. The first-order valence-corrected chi connectivity index (χ1v) is 14.0. The molecule has 0 aliphatic carbocycles. The molecule has 0 saturated carbocycles. The van der Waals surface area contributed by atoms with Gasteiger partial charge in [0.1, 0.15) is 11.5 Å².